The number of anilines is 1. The van der Waals surface area contributed by atoms with E-state index in [4.69, 9.17) is 0 Å². The fraction of sp³-hybridized carbons (Fsp3) is 0.125. The highest BCUT2D eigenvalue weighted by Crippen LogP contribution is 2.41. The molecule has 13 heteroatoms. The molecule has 150 valence electrons. The maximum absolute atomic E-state index is 12.9. The lowest BCUT2D eigenvalue weighted by Crippen LogP contribution is -2.10. The van der Waals surface area contributed by atoms with Crippen LogP contribution in [0.2, 0.25) is 0 Å². The van der Waals surface area contributed by atoms with Gasteiger partial charge in [-0.3, -0.25) is 20.2 Å². The number of nitro groups is 2. The van der Waals surface area contributed by atoms with Gasteiger partial charge in [0.2, 0.25) is 0 Å². The Morgan fingerprint density at radius 2 is 1.59 bits per heavy atom. The molecule has 0 aliphatic rings. The van der Waals surface area contributed by atoms with Gasteiger partial charge >= 0.3 is 6.18 Å². The van der Waals surface area contributed by atoms with Crippen LogP contribution in [0, 0.1) is 20.2 Å². The van der Waals surface area contributed by atoms with Crippen LogP contribution in [0.1, 0.15) is 10.6 Å². The third-order valence-corrected chi connectivity index (χ3v) is 4.69. The minimum absolute atomic E-state index is 0.197. The summed E-state index contributed by atoms with van der Waals surface area (Å²) in [6.07, 6.45) is -4.97. The van der Waals surface area contributed by atoms with E-state index in [9.17, 15) is 33.4 Å². The summed E-state index contributed by atoms with van der Waals surface area (Å²) >= 11 is 1.14. The van der Waals surface area contributed by atoms with Crippen LogP contribution >= 0.6 is 11.3 Å². The summed E-state index contributed by atoms with van der Waals surface area (Å²) in [4.78, 5) is 20.2. The zero-order chi connectivity index (χ0) is 21.2. The summed E-state index contributed by atoms with van der Waals surface area (Å²) in [7, 11) is 0. The fourth-order valence-corrected chi connectivity index (χ4v) is 3.22. The van der Waals surface area contributed by atoms with E-state index in [0.717, 1.165) is 16.9 Å². The molecule has 0 amide bonds. The Labute approximate surface area is 164 Å². The lowest BCUT2D eigenvalue weighted by atomic mass is 10.1. The van der Waals surface area contributed by atoms with E-state index in [2.05, 4.69) is 15.5 Å². The van der Waals surface area contributed by atoms with E-state index in [1.165, 1.54) is 0 Å². The van der Waals surface area contributed by atoms with Crippen LogP contribution in [0.4, 0.5) is 30.2 Å². The number of benzene rings is 2. The highest BCUT2D eigenvalue weighted by Gasteiger charge is 2.37. The van der Waals surface area contributed by atoms with Gasteiger partial charge in [-0.05, 0) is 0 Å². The molecule has 3 rings (SSSR count). The molecule has 0 spiro atoms. The van der Waals surface area contributed by atoms with Crippen LogP contribution in [0.5, 0.6) is 0 Å². The predicted molar refractivity (Wildman–Crippen MR) is 97.4 cm³/mol. The summed E-state index contributed by atoms with van der Waals surface area (Å²) in [6, 6.07) is 9.51. The summed E-state index contributed by atoms with van der Waals surface area (Å²) in [5.41, 5.74) is -3.45. The average Bonchev–Trinajstić information content (AvgIpc) is 3.14. The van der Waals surface area contributed by atoms with Gasteiger partial charge in [0.25, 0.3) is 11.4 Å². The third-order valence-electron chi connectivity index (χ3n) is 3.72. The van der Waals surface area contributed by atoms with E-state index < -0.39 is 38.6 Å². The molecule has 29 heavy (non-hydrogen) atoms. The highest BCUT2D eigenvalue weighted by atomic mass is 32.1. The maximum atomic E-state index is 12.9. The van der Waals surface area contributed by atoms with Crippen molar-refractivity contribution in [3.05, 3.63) is 73.3 Å². The van der Waals surface area contributed by atoms with Crippen molar-refractivity contribution in [3.8, 4) is 10.6 Å². The molecule has 3 aromatic rings. The van der Waals surface area contributed by atoms with Gasteiger partial charge < -0.3 is 5.32 Å². The van der Waals surface area contributed by atoms with Crippen LogP contribution < -0.4 is 5.32 Å². The first-order valence-electron chi connectivity index (χ1n) is 7.82. The maximum Gasteiger partial charge on any atom is 0.416 e. The third kappa shape index (κ3) is 4.45. The summed E-state index contributed by atoms with van der Waals surface area (Å²) in [5.74, 6) is 0. The highest BCUT2D eigenvalue weighted by molar-refractivity contribution is 7.14. The van der Waals surface area contributed by atoms with Crippen LogP contribution in [-0.4, -0.2) is 20.0 Å². The Hall–Kier alpha value is -3.61. The minimum atomic E-state index is -4.97. The SMILES string of the molecule is O=[N+]([O-])c1cc(C(F)(F)F)cc([N+](=O)[O-])c1NCc1nnc(-c2ccccc2)s1. The van der Waals surface area contributed by atoms with Gasteiger partial charge in [-0.15, -0.1) is 10.2 Å². The van der Waals surface area contributed by atoms with E-state index in [-0.39, 0.29) is 18.7 Å². The van der Waals surface area contributed by atoms with Gasteiger partial charge in [-0.1, -0.05) is 41.7 Å². The van der Waals surface area contributed by atoms with Gasteiger partial charge in [0, 0.05) is 17.7 Å². The van der Waals surface area contributed by atoms with Crippen molar-refractivity contribution >= 4 is 28.4 Å². The second kappa shape index (κ2) is 7.79. The van der Waals surface area contributed by atoms with Crippen molar-refractivity contribution in [2.75, 3.05) is 5.32 Å². The molecule has 1 aromatic heterocycles. The Morgan fingerprint density at radius 3 is 2.10 bits per heavy atom. The lowest BCUT2D eigenvalue weighted by molar-refractivity contribution is -0.392. The Bertz CT molecular complexity index is 1040. The molecular weight excluding hydrogens is 415 g/mol. The summed E-state index contributed by atoms with van der Waals surface area (Å²) in [6.45, 7) is -0.197. The van der Waals surface area contributed by atoms with Crippen molar-refractivity contribution in [2.24, 2.45) is 0 Å². The van der Waals surface area contributed by atoms with Crippen LogP contribution in [0.3, 0.4) is 0 Å². The van der Waals surface area contributed by atoms with E-state index in [1.54, 1.807) is 24.3 Å². The molecule has 0 aliphatic heterocycles. The largest absolute Gasteiger partial charge is 0.416 e. The predicted octanol–water partition coefficient (Wildman–Crippen LogP) is 4.65. The van der Waals surface area contributed by atoms with Gasteiger partial charge in [-0.25, -0.2) is 0 Å². The average molecular weight is 425 g/mol. The van der Waals surface area contributed by atoms with Gasteiger partial charge in [-0.2, -0.15) is 13.2 Å². The molecule has 9 nitrogen and oxygen atoms in total. The number of aromatic nitrogens is 2. The fourth-order valence-electron chi connectivity index (χ4n) is 2.43. The minimum Gasteiger partial charge on any atom is -0.367 e. The van der Waals surface area contributed by atoms with Crippen molar-refractivity contribution in [1.29, 1.82) is 0 Å². The molecule has 0 radical (unpaired) electrons. The standard InChI is InChI=1S/C16H10F3N5O4S/c17-16(18,19)10-6-11(23(25)26)14(12(7-10)24(27)28)20-8-13-21-22-15(29-13)9-4-2-1-3-5-9/h1-7,20H,8H2. The van der Waals surface area contributed by atoms with E-state index in [1.807, 2.05) is 6.07 Å². The van der Waals surface area contributed by atoms with Crippen molar-refractivity contribution < 1.29 is 23.0 Å². The topological polar surface area (TPSA) is 124 Å². The first-order valence-corrected chi connectivity index (χ1v) is 8.64. The first kappa shape index (κ1) is 20.1. The molecule has 0 bridgehead atoms. The second-order valence-corrected chi connectivity index (χ2v) is 6.68. The van der Waals surface area contributed by atoms with Crippen LogP contribution in [-0.2, 0) is 12.7 Å². The number of rotatable bonds is 6. The molecule has 0 unspecified atom stereocenters. The zero-order valence-electron chi connectivity index (χ0n) is 14.2. The van der Waals surface area contributed by atoms with Crippen LogP contribution in [0.25, 0.3) is 10.6 Å². The van der Waals surface area contributed by atoms with Crippen molar-refractivity contribution in [1.82, 2.24) is 10.2 Å². The van der Waals surface area contributed by atoms with Gasteiger partial charge in [0.05, 0.1) is 22.0 Å². The van der Waals surface area contributed by atoms with E-state index >= 15 is 0 Å². The van der Waals surface area contributed by atoms with Gasteiger partial charge in [0.1, 0.15) is 10.0 Å². The molecule has 0 atom stereocenters. The lowest BCUT2D eigenvalue weighted by Gasteiger charge is -2.10. The second-order valence-electron chi connectivity index (χ2n) is 5.62. The monoisotopic (exact) mass is 425 g/mol. The normalized spacial score (nSPS) is 11.3. The first-order chi connectivity index (χ1) is 13.7. The molecule has 2 aromatic carbocycles. The number of halogens is 3. The molecule has 0 fully saturated rings. The molecule has 1 N–H and O–H groups in total. The Balaban J connectivity index is 1.93. The molecular formula is C16H10F3N5O4S. The number of alkyl halides is 3. The van der Waals surface area contributed by atoms with E-state index in [0.29, 0.717) is 10.0 Å². The summed E-state index contributed by atoms with van der Waals surface area (Å²) in [5, 5.41) is 33.7. The quantitative estimate of drug-likeness (QED) is 0.450. The van der Waals surface area contributed by atoms with Gasteiger partial charge in [0.15, 0.2) is 5.69 Å². The number of nitro benzene ring substituents is 2. The summed E-state index contributed by atoms with van der Waals surface area (Å²) < 4.78 is 38.8. The van der Waals surface area contributed by atoms with Crippen molar-refractivity contribution in [2.45, 2.75) is 12.7 Å². The zero-order valence-corrected chi connectivity index (χ0v) is 15.0. The molecule has 0 aliphatic carbocycles. The van der Waals surface area contributed by atoms with Crippen molar-refractivity contribution in [3.63, 3.8) is 0 Å². The molecule has 1 heterocycles. The molecule has 0 saturated carbocycles. The van der Waals surface area contributed by atoms with Crippen LogP contribution in [0.15, 0.2) is 42.5 Å². The number of hydrogen-bond acceptors (Lipinski definition) is 8. The number of nitrogens with zero attached hydrogens (tertiary/aromatic N) is 4. The Kier molecular flexibility index (Phi) is 5.41. The number of nitrogens with one attached hydrogen (secondary N) is 1. The number of hydrogen-bond donors (Lipinski definition) is 1. The Morgan fingerprint density at radius 1 is 1.00 bits per heavy atom. The smallest absolute Gasteiger partial charge is 0.367 e. The molecule has 0 saturated heterocycles.